The van der Waals surface area contributed by atoms with E-state index in [9.17, 15) is 9.18 Å². The summed E-state index contributed by atoms with van der Waals surface area (Å²) in [4.78, 5) is 11.6. The zero-order valence-electron chi connectivity index (χ0n) is 10.2. The number of halogens is 1. The third-order valence-corrected chi connectivity index (χ3v) is 2.72. The number of carbonyl (C=O) groups excluding carboxylic acids is 1. The van der Waals surface area contributed by atoms with Gasteiger partial charge in [0, 0.05) is 12.5 Å². The van der Waals surface area contributed by atoms with Crippen LogP contribution in [0.4, 0.5) is 4.39 Å². The van der Waals surface area contributed by atoms with Gasteiger partial charge in [0.25, 0.3) is 0 Å². The normalized spacial score (nSPS) is 14.1. The van der Waals surface area contributed by atoms with E-state index in [1.54, 1.807) is 12.1 Å². The average Bonchev–Trinajstić information content (AvgIpc) is 2.29. The first-order valence-electron chi connectivity index (χ1n) is 5.83. The van der Waals surface area contributed by atoms with Crippen LogP contribution in [0.25, 0.3) is 0 Å². The van der Waals surface area contributed by atoms with Gasteiger partial charge in [-0.15, -0.1) is 0 Å². The van der Waals surface area contributed by atoms with Crippen LogP contribution in [-0.2, 0) is 4.79 Å². The number of amides is 1. The molecular formula is C13H19FN2O. The number of hydrogen-bond acceptors (Lipinski definition) is 2. The van der Waals surface area contributed by atoms with Crippen molar-refractivity contribution in [3.05, 3.63) is 35.6 Å². The van der Waals surface area contributed by atoms with E-state index in [0.717, 1.165) is 12.0 Å². The number of nitrogens with one attached hydrogen (secondary N) is 1. The SMILES string of the molecule is CCC(N)CC(=O)N[C@@H](C)c1ccc(F)cc1. The number of nitrogens with two attached hydrogens (primary N) is 1. The number of rotatable bonds is 5. The molecule has 1 aromatic carbocycles. The largest absolute Gasteiger partial charge is 0.350 e. The molecule has 4 heteroatoms. The molecule has 0 bridgehead atoms. The molecule has 2 atom stereocenters. The maximum atomic E-state index is 12.7. The van der Waals surface area contributed by atoms with Crippen molar-refractivity contribution in [1.29, 1.82) is 0 Å². The number of hydrogen-bond donors (Lipinski definition) is 2. The molecule has 0 radical (unpaired) electrons. The summed E-state index contributed by atoms with van der Waals surface area (Å²) >= 11 is 0. The van der Waals surface area contributed by atoms with Gasteiger partial charge in [-0.2, -0.15) is 0 Å². The third kappa shape index (κ3) is 4.53. The van der Waals surface area contributed by atoms with Crippen LogP contribution < -0.4 is 11.1 Å². The van der Waals surface area contributed by atoms with Crippen molar-refractivity contribution in [3.8, 4) is 0 Å². The molecule has 17 heavy (non-hydrogen) atoms. The van der Waals surface area contributed by atoms with Crippen molar-refractivity contribution in [2.75, 3.05) is 0 Å². The monoisotopic (exact) mass is 238 g/mol. The summed E-state index contributed by atoms with van der Waals surface area (Å²) in [5, 5.41) is 2.84. The standard InChI is InChI=1S/C13H19FN2O/c1-3-12(15)8-13(17)16-9(2)10-4-6-11(14)7-5-10/h4-7,9,12H,3,8,15H2,1-2H3,(H,16,17)/t9-,12?/m0/s1. The maximum Gasteiger partial charge on any atom is 0.222 e. The minimum Gasteiger partial charge on any atom is -0.350 e. The van der Waals surface area contributed by atoms with E-state index >= 15 is 0 Å². The smallest absolute Gasteiger partial charge is 0.222 e. The Morgan fingerprint density at radius 3 is 2.53 bits per heavy atom. The predicted molar refractivity (Wildman–Crippen MR) is 65.8 cm³/mol. The van der Waals surface area contributed by atoms with Crippen molar-refractivity contribution < 1.29 is 9.18 Å². The van der Waals surface area contributed by atoms with E-state index in [2.05, 4.69) is 5.32 Å². The van der Waals surface area contributed by atoms with E-state index in [-0.39, 0.29) is 23.8 Å². The quantitative estimate of drug-likeness (QED) is 0.825. The van der Waals surface area contributed by atoms with Crippen molar-refractivity contribution >= 4 is 5.91 Å². The molecule has 0 saturated heterocycles. The highest BCUT2D eigenvalue weighted by atomic mass is 19.1. The van der Waals surface area contributed by atoms with Gasteiger partial charge in [-0.1, -0.05) is 19.1 Å². The number of carbonyl (C=O) groups is 1. The first kappa shape index (κ1) is 13.6. The van der Waals surface area contributed by atoms with Crippen LogP contribution in [-0.4, -0.2) is 11.9 Å². The van der Waals surface area contributed by atoms with Crippen LogP contribution >= 0.6 is 0 Å². The minimum absolute atomic E-state index is 0.0730. The first-order valence-corrected chi connectivity index (χ1v) is 5.83. The van der Waals surface area contributed by atoms with Crippen LogP contribution in [0.15, 0.2) is 24.3 Å². The summed E-state index contributed by atoms with van der Waals surface area (Å²) in [6.07, 6.45) is 1.10. The number of benzene rings is 1. The Labute approximate surface area is 101 Å². The Bertz CT molecular complexity index is 364. The summed E-state index contributed by atoms with van der Waals surface area (Å²) in [6.45, 7) is 3.81. The predicted octanol–water partition coefficient (Wildman–Crippen LogP) is 2.13. The van der Waals surface area contributed by atoms with E-state index in [1.807, 2.05) is 13.8 Å². The molecule has 1 unspecified atom stereocenters. The van der Waals surface area contributed by atoms with Gasteiger partial charge in [0.15, 0.2) is 0 Å². The third-order valence-electron chi connectivity index (χ3n) is 2.72. The van der Waals surface area contributed by atoms with Crippen LogP contribution in [0, 0.1) is 5.82 Å². The molecule has 0 aromatic heterocycles. The maximum absolute atomic E-state index is 12.7. The van der Waals surface area contributed by atoms with Crippen LogP contribution in [0.1, 0.15) is 38.3 Å². The molecule has 0 heterocycles. The lowest BCUT2D eigenvalue weighted by atomic mass is 10.1. The zero-order chi connectivity index (χ0) is 12.8. The molecule has 1 amide bonds. The molecule has 3 N–H and O–H groups in total. The fourth-order valence-corrected chi connectivity index (χ4v) is 1.52. The van der Waals surface area contributed by atoms with Gasteiger partial charge >= 0.3 is 0 Å². The van der Waals surface area contributed by atoms with Crippen LogP contribution in [0.5, 0.6) is 0 Å². The van der Waals surface area contributed by atoms with Crippen molar-refractivity contribution in [2.24, 2.45) is 5.73 Å². The van der Waals surface area contributed by atoms with E-state index in [1.165, 1.54) is 12.1 Å². The van der Waals surface area contributed by atoms with Gasteiger partial charge in [0.1, 0.15) is 5.82 Å². The highest BCUT2D eigenvalue weighted by Gasteiger charge is 2.12. The lowest BCUT2D eigenvalue weighted by Gasteiger charge is -2.16. The van der Waals surface area contributed by atoms with Gasteiger partial charge in [0.2, 0.25) is 5.91 Å². The molecule has 0 saturated carbocycles. The fraction of sp³-hybridized carbons (Fsp3) is 0.462. The fourth-order valence-electron chi connectivity index (χ4n) is 1.52. The molecule has 1 rings (SSSR count). The molecule has 0 spiro atoms. The second-order valence-electron chi connectivity index (χ2n) is 4.21. The Kier molecular flexibility index (Phi) is 5.10. The first-order chi connectivity index (χ1) is 8.02. The summed E-state index contributed by atoms with van der Waals surface area (Å²) in [5.74, 6) is -0.351. The molecule has 0 fully saturated rings. The zero-order valence-corrected chi connectivity index (χ0v) is 10.2. The van der Waals surface area contributed by atoms with Crippen molar-refractivity contribution in [1.82, 2.24) is 5.32 Å². The summed E-state index contributed by atoms with van der Waals surface area (Å²) in [6, 6.07) is 5.87. The Morgan fingerprint density at radius 1 is 1.41 bits per heavy atom. The lowest BCUT2D eigenvalue weighted by molar-refractivity contribution is -0.122. The van der Waals surface area contributed by atoms with E-state index in [4.69, 9.17) is 5.73 Å². The van der Waals surface area contributed by atoms with Gasteiger partial charge in [-0.05, 0) is 31.0 Å². The van der Waals surface area contributed by atoms with Crippen molar-refractivity contribution in [3.63, 3.8) is 0 Å². The molecular weight excluding hydrogens is 219 g/mol. The van der Waals surface area contributed by atoms with Gasteiger partial charge in [-0.3, -0.25) is 4.79 Å². The van der Waals surface area contributed by atoms with Crippen LogP contribution in [0.3, 0.4) is 0 Å². The molecule has 94 valence electrons. The Balaban J connectivity index is 2.51. The van der Waals surface area contributed by atoms with Crippen molar-refractivity contribution in [2.45, 2.75) is 38.8 Å². The molecule has 0 aliphatic heterocycles. The van der Waals surface area contributed by atoms with Gasteiger partial charge in [-0.25, -0.2) is 4.39 Å². The molecule has 3 nitrogen and oxygen atoms in total. The van der Waals surface area contributed by atoms with E-state index < -0.39 is 0 Å². The highest BCUT2D eigenvalue weighted by Crippen LogP contribution is 2.13. The van der Waals surface area contributed by atoms with Crippen LogP contribution in [0.2, 0.25) is 0 Å². The molecule has 0 aliphatic carbocycles. The van der Waals surface area contributed by atoms with E-state index in [0.29, 0.717) is 6.42 Å². The second-order valence-corrected chi connectivity index (χ2v) is 4.21. The average molecular weight is 238 g/mol. The van der Waals surface area contributed by atoms with Gasteiger partial charge < -0.3 is 11.1 Å². The summed E-state index contributed by atoms with van der Waals surface area (Å²) in [7, 11) is 0. The summed E-state index contributed by atoms with van der Waals surface area (Å²) in [5.41, 5.74) is 6.58. The highest BCUT2D eigenvalue weighted by molar-refractivity contribution is 5.77. The Hall–Kier alpha value is -1.42. The molecule has 0 aliphatic rings. The lowest BCUT2D eigenvalue weighted by Crippen LogP contribution is -2.32. The minimum atomic E-state index is -0.278. The Morgan fingerprint density at radius 2 is 2.00 bits per heavy atom. The molecule has 1 aromatic rings. The second kappa shape index (κ2) is 6.35. The summed E-state index contributed by atoms with van der Waals surface area (Å²) < 4.78 is 12.7. The van der Waals surface area contributed by atoms with Gasteiger partial charge in [0.05, 0.1) is 6.04 Å². The topological polar surface area (TPSA) is 55.1 Å².